The largest absolute Gasteiger partial charge is 0.350 e. The Kier molecular flexibility index (Phi) is 4.86. The summed E-state index contributed by atoms with van der Waals surface area (Å²) in [6.07, 6.45) is 0. The molecule has 0 aliphatic heterocycles. The van der Waals surface area contributed by atoms with Crippen molar-refractivity contribution in [3.05, 3.63) is 20.3 Å². The fraction of sp³-hybridized carbons (Fsp3) is 0.444. The number of hydrogen-bond donors (Lipinski definition) is 2. The molecule has 84 valence electrons. The van der Waals surface area contributed by atoms with E-state index in [0.29, 0.717) is 20.8 Å². The molecule has 1 atom stereocenters. The van der Waals surface area contributed by atoms with Crippen LogP contribution in [0.5, 0.6) is 0 Å². The Hall–Kier alpha value is -0.290. The Labute approximate surface area is 103 Å². The topological polar surface area (TPSA) is 41.1 Å². The van der Waals surface area contributed by atoms with Gasteiger partial charge in [0.05, 0.1) is 9.90 Å². The van der Waals surface area contributed by atoms with Crippen molar-refractivity contribution >= 4 is 40.4 Å². The van der Waals surface area contributed by atoms with Gasteiger partial charge in [-0.3, -0.25) is 4.79 Å². The van der Waals surface area contributed by atoms with E-state index in [1.54, 1.807) is 6.07 Å². The van der Waals surface area contributed by atoms with Crippen molar-refractivity contribution in [2.75, 3.05) is 13.6 Å². The lowest BCUT2D eigenvalue weighted by atomic mass is 10.3. The molecule has 15 heavy (non-hydrogen) atoms. The highest BCUT2D eigenvalue weighted by Crippen LogP contribution is 2.30. The highest BCUT2D eigenvalue weighted by Gasteiger charge is 2.14. The number of halogens is 2. The van der Waals surface area contributed by atoms with Gasteiger partial charge in [0.25, 0.3) is 5.91 Å². The second-order valence-corrected chi connectivity index (χ2v) is 5.42. The zero-order chi connectivity index (χ0) is 11.4. The highest BCUT2D eigenvalue weighted by molar-refractivity contribution is 7.20. The van der Waals surface area contributed by atoms with Gasteiger partial charge in [0.15, 0.2) is 0 Å². The van der Waals surface area contributed by atoms with Gasteiger partial charge in [-0.15, -0.1) is 11.3 Å². The molecule has 1 heterocycles. The standard InChI is InChI=1S/C9H12Cl2N2OS/c1-5(12-2)4-13-9(14)6-3-7(10)15-8(6)11/h3,5,12H,4H2,1-2H3,(H,13,14). The predicted octanol–water partition coefficient (Wildman–Crippen LogP) is 2.39. The number of thiophene rings is 1. The van der Waals surface area contributed by atoms with Gasteiger partial charge in [0, 0.05) is 12.6 Å². The Morgan fingerprint density at radius 2 is 2.27 bits per heavy atom. The summed E-state index contributed by atoms with van der Waals surface area (Å²) < 4.78 is 0.946. The molecular formula is C9H12Cl2N2OS. The van der Waals surface area contributed by atoms with E-state index in [9.17, 15) is 4.79 Å². The van der Waals surface area contributed by atoms with Crippen LogP contribution in [-0.4, -0.2) is 25.5 Å². The first-order chi connectivity index (χ1) is 7.04. The summed E-state index contributed by atoms with van der Waals surface area (Å²) in [5.41, 5.74) is 0.440. The van der Waals surface area contributed by atoms with Crippen LogP contribution in [0, 0.1) is 0 Å². The molecule has 1 aromatic heterocycles. The van der Waals surface area contributed by atoms with Gasteiger partial charge in [-0.1, -0.05) is 23.2 Å². The smallest absolute Gasteiger partial charge is 0.253 e. The van der Waals surface area contributed by atoms with Gasteiger partial charge < -0.3 is 10.6 Å². The molecule has 0 fully saturated rings. The third kappa shape index (κ3) is 3.65. The lowest BCUT2D eigenvalue weighted by molar-refractivity contribution is 0.0951. The first kappa shape index (κ1) is 12.8. The van der Waals surface area contributed by atoms with Crippen molar-refractivity contribution in [1.82, 2.24) is 10.6 Å². The zero-order valence-corrected chi connectivity index (χ0v) is 10.8. The number of hydrogen-bond acceptors (Lipinski definition) is 3. The molecule has 1 unspecified atom stereocenters. The van der Waals surface area contributed by atoms with Gasteiger partial charge >= 0.3 is 0 Å². The molecule has 0 bridgehead atoms. The van der Waals surface area contributed by atoms with Crippen LogP contribution in [-0.2, 0) is 0 Å². The van der Waals surface area contributed by atoms with Gasteiger partial charge in [-0.25, -0.2) is 0 Å². The molecule has 0 aliphatic carbocycles. The second kappa shape index (κ2) is 5.70. The fourth-order valence-electron chi connectivity index (χ4n) is 0.938. The number of likely N-dealkylation sites (N-methyl/N-ethyl adjacent to an activating group) is 1. The maximum atomic E-state index is 11.6. The van der Waals surface area contributed by atoms with Crippen LogP contribution in [0.4, 0.5) is 0 Å². The molecule has 1 rings (SSSR count). The van der Waals surface area contributed by atoms with Crippen LogP contribution in [0.2, 0.25) is 8.67 Å². The van der Waals surface area contributed by atoms with E-state index in [-0.39, 0.29) is 11.9 Å². The quantitative estimate of drug-likeness (QED) is 0.879. The van der Waals surface area contributed by atoms with E-state index in [2.05, 4.69) is 10.6 Å². The average molecular weight is 267 g/mol. The Bertz CT molecular complexity index is 354. The van der Waals surface area contributed by atoms with E-state index in [0.717, 1.165) is 0 Å². The van der Waals surface area contributed by atoms with Crippen molar-refractivity contribution in [3.63, 3.8) is 0 Å². The number of carbonyl (C=O) groups is 1. The summed E-state index contributed by atoms with van der Waals surface area (Å²) in [5.74, 6) is -0.190. The van der Waals surface area contributed by atoms with Crippen LogP contribution in [0.25, 0.3) is 0 Å². The minimum atomic E-state index is -0.190. The van der Waals surface area contributed by atoms with Crippen molar-refractivity contribution in [2.24, 2.45) is 0 Å². The number of nitrogens with one attached hydrogen (secondary N) is 2. The Balaban J connectivity index is 2.58. The summed E-state index contributed by atoms with van der Waals surface area (Å²) in [6, 6.07) is 1.80. The maximum Gasteiger partial charge on any atom is 0.253 e. The molecule has 2 N–H and O–H groups in total. The van der Waals surface area contributed by atoms with E-state index < -0.39 is 0 Å². The first-order valence-electron chi connectivity index (χ1n) is 4.45. The van der Waals surface area contributed by atoms with Gasteiger partial charge in [-0.2, -0.15) is 0 Å². The van der Waals surface area contributed by atoms with Crippen LogP contribution in [0.15, 0.2) is 6.07 Å². The van der Waals surface area contributed by atoms with Crippen molar-refractivity contribution < 1.29 is 4.79 Å². The number of rotatable bonds is 4. The molecule has 6 heteroatoms. The van der Waals surface area contributed by atoms with E-state index in [1.807, 2.05) is 14.0 Å². The minimum absolute atomic E-state index is 0.190. The van der Waals surface area contributed by atoms with Crippen LogP contribution in [0.1, 0.15) is 17.3 Å². The van der Waals surface area contributed by atoms with Crippen LogP contribution >= 0.6 is 34.5 Å². The van der Waals surface area contributed by atoms with Gasteiger partial charge in [0.2, 0.25) is 0 Å². The molecule has 1 aromatic rings. The van der Waals surface area contributed by atoms with E-state index >= 15 is 0 Å². The molecule has 0 saturated heterocycles. The zero-order valence-electron chi connectivity index (χ0n) is 8.43. The van der Waals surface area contributed by atoms with Gasteiger partial charge in [-0.05, 0) is 20.0 Å². The third-order valence-electron chi connectivity index (χ3n) is 1.96. The summed E-state index contributed by atoms with van der Waals surface area (Å²) in [5, 5.41) is 5.79. The second-order valence-electron chi connectivity index (χ2n) is 3.14. The number of carbonyl (C=O) groups excluding carboxylic acids is 1. The lowest BCUT2D eigenvalue weighted by Crippen LogP contribution is -2.37. The molecule has 0 saturated carbocycles. The molecule has 0 aliphatic rings. The molecule has 1 amide bonds. The maximum absolute atomic E-state index is 11.6. The summed E-state index contributed by atoms with van der Waals surface area (Å²) >= 11 is 12.8. The Morgan fingerprint density at radius 1 is 1.60 bits per heavy atom. The monoisotopic (exact) mass is 266 g/mol. The Morgan fingerprint density at radius 3 is 2.73 bits per heavy atom. The predicted molar refractivity (Wildman–Crippen MR) is 65.2 cm³/mol. The molecule has 0 radical (unpaired) electrons. The molecule has 0 aromatic carbocycles. The normalized spacial score (nSPS) is 12.5. The third-order valence-corrected chi connectivity index (χ3v) is 3.45. The lowest BCUT2D eigenvalue weighted by Gasteiger charge is -2.10. The minimum Gasteiger partial charge on any atom is -0.350 e. The molecule has 3 nitrogen and oxygen atoms in total. The summed E-state index contributed by atoms with van der Waals surface area (Å²) in [6.45, 7) is 2.53. The molecule has 0 spiro atoms. The van der Waals surface area contributed by atoms with E-state index in [1.165, 1.54) is 11.3 Å². The number of amides is 1. The van der Waals surface area contributed by atoms with Crippen molar-refractivity contribution in [3.8, 4) is 0 Å². The fourth-order valence-corrected chi connectivity index (χ4v) is 2.40. The summed E-state index contributed by atoms with van der Waals surface area (Å²) in [4.78, 5) is 11.6. The van der Waals surface area contributed by atoms with E-state index in [4.69, 9.17) is 23.2 Å². The SMILES string of the molecule is CNC(C)CNC(=O)c1cc(Cl)sc1Cl. The van der Waals surface area contributed by atoms with Gasteiger partial charge in [0.1, 0.15) is 4.34 Å². The van der Waals surface area contributed by atoms with Crippen molar-refractivity contribution in [2.45, 2.75) is 13.0 Å². The van der Waals surface area contributed by atoms with Crippen LogP contribution < -0.4 is 10.6 Å². The van der Waals surface area contributed by atoms with Crippen LogP contribution in [0.3, 0.4) is 0 Å². The average Bonchev–Trinajstić information content (AvgIpc) is 2.53. The molecular weight excluding hydrogens is 255 g/mol. The highest BCUT2D eigenvalue weighted by atomic mass is 35.5. The van der Waals surface area contributed by atoms with Crippen molar-refractivity contribution in [1.29, 1.82) is 0 Å². The first-order valence-corrected chi connectivity index (χ1v) is 6.02. The summed E-state index contributed by atoms with van der Waals surface area (Å²) in [7, 11) is 1.84.